The Morgan fingerprint density at radius 1 is 1.43 bits per heavy atom. The monoisotopic (exact) mass is 306 g/mol. The molecule has 2 unspecified atom stereocenters. The molecule has 1 heterocycles. The molecule has 1 aromatic carbocycles. The molecule has 0 radical (unpaired) electrons. The number of benzene rings is 1. The van der Waals surface area contributed by atoms with Crippen molar-refractivity contribution in [3.05, 3.63) is 35.9 Å². The van der Waals surface area contributed by atoms with Crippen molar-refractivity contribution in [2.24, 2.45) is 10.9 Å². The number of esters is 1. The van der Waals surface area contributed by atoms with Crippen molar-refractivity contribution >= 4 is 22.9 Å². The Balaban J connectivity index is 2.02. The van der Waals surface area contributed by atoms with Gasteiger partial charge >= 0.3 is 5.97 Å². The minimum atomic E-state index is -0.500. The molecule has 4 nitrogen and oxygen atoms in total. The van der Waals surface area contributed by atoms with Crippen molar-refractivity contribution in [2.45, 2.75) is 31.6 Å². The molecule has 0 aromatic heterocycles. The van der Waals surface area contributed by atoms with Gasteiger partial charge in [-0.1, -0.05) is 55.9 Å². The molecule has 0 amide bonds. The Bertz CT molecular complexity index is 502. The van der Waals surface area contributed by atoms with Crippen LogP contribution in [0.2, 0.25) is 0 Å². The number of aliphatic imine (C=N–C) groups is 1. The predicted molar refractivity (Wildman–Crippen MR) is 87.5 cm³/mol. The zero-order chi connectivity index (χ0) is 15.2. The summed E-state index contributed by atoms with van der Waals surface area (Å²) < 4.78 is 4.90. The maximum absolute atomic E-state index is 12.0. The fourth-order valence-corrected chi connectivity index (χ4v) is 3.59. The number of thioether (sulfide) groups is 1. The van der Waals surface area contributed by atoms with Crippen LogP contribution in [0.15, 0.2) is 35.3 Å². The van der Waals surface area contributed by atoms with E-state index in [1.807, 2.05) is 30.3 Å². The van der Waals surface area contributed by atoms with E-state index in [1.54, 1.807) is 11.8 Å². The van der Waals surface area contributed by atoms with Crippen LogP contribution in [0.1, 0.15) is 31.9 Å². The molecule has 0 spiro atoms. The first kappa shape index (κ1) is 15.9. The van der Waals surface area contributed by atoms with Gasteiger partial charge in [0.1, 0.15) is 0 Å². The summed E-state index contributed by atoms with van der Waals surface area (Å²) in [6, 6.07) is 9.09. The van der Waals surface area contributed by atoms with Crippen molar-refractivity contribution in [1.82, 2.24) is 5.32 Å². The van der Waals surface area contributed by atoms with Crippen LogP contribution in [0, 0.1) is 5.92 Å². The fourth-order valence-electron chi connectivity index (χ4n) is 2.31. The van der Waals surface area contributed by atoms with E-state index in [4.69, 9.17) is 4.74 Å². The second-order valence-electron chi connectivity index (χ2n) is 5.53. The van der Waals surface area contributed by atoms with E-state index >= 15 is 0 Å². The van der Waals surface area contributed by atoms with E-state index < -0.39 is 6.04 Å². The lowest BCUT2D eigenvalue weighted by atomic mass is 10.1. The second-order valence-corrected chi connectivity index (χ2v) is 6.82. The Kier molecular flexibility index (Phi) is 5.67. The number of nitrogens with zero attached hydrogens (tertiary/aromatic N) is 1. The summed E-state index contributed by atoms with van der Waals surface area (Å²) in [5, 5.41) is 4.56. The summed E-state index contributed by atoms with van der Waals surface area (Å²) in [6.07, 6.45) is 1.13. The molecule has 1 aliphatic rings. The zero-order valence-electron chi connectivity index (χ0n) is 12.7. The lowest BCUT2D eigenvalue weighted by Gasteiger charge is -2.18. The number of rotatable bonds is 5. The van der Waals surface area contributed by atoms with E-state index in [0.717, 1.165) is 23.7 Å². The second kappa shape index (κ2) is 7.50. The summed E-state index contributed by atoms with van der Waals surface area (Å²) in [7, 11) is 1.41. The van der Waals surface area contributed by atoms with E-state index in [2.05, 4.69) is 24.2 Å². The number of nitrogens with one attached hydrogen (secondary N) is 1. The van der Waals surface area contributed by atoms with Crippen LogP contribution in [0.3, 0.4) is 0 Å². The molecular formula is C16H22N2O2S. The SMILES string of the molecule is COC(=O)C(NC1=NCC(CC(C)C)S1)c1ccccc1. The highest BCUT2D eigenvalue weighted by atomic mass is 32.2. The summed E-state index contributed by atoms with van der Waals surface area (Å²) in [6.45, 7) is 5.24. The Hall–Kier alpha value is -1.49. The first-order valence-electron chi connectivity index (χ1n) is 7.20. The minimum absolute atomic E-state index is 0.295. The van der Waals surface area contributed by atoms with Crippen LogP contribution in [0.5, 0.6) is 0 Å². The van der Waals surface area contributed by atoms with E-state index in [1.165, 1.54) is 7.11 Å². The van der Waals surface area contributed by atoms with E-state index in [9.17, 15) is 4.79 Å². The van der Waals surface area contributed by atoms with Crippen molar-refractivity contribution in [3.8, 4) is 0 Å². The van der Waals surface area contributed by atoms with Crippen molar-refractivity contribution in [2.75, 3.05) is 13.7 Å². The van der Waals surface area contributed by atoms with Gasteiger partial charge in [-0.3, -0.25) is 4.99 Å². The van der Waals surface area contributed by atoms with Gasteiger partial charge in [-0.15, -0.1) is 0 Å². The van der Waals surface area contributed by atoms with Gasteiger partial charge in [0.2, 0.25) is 0 Å². The molecule has 1 N–H and O–H groups in total. The van der Waals surface area contributed by atoms with Crippen molar-refractivity contribution in [3.63, 3.8) is 0 Å². The first-order chi connectivity index (χ1) is 10.1. The van der Waals surface area contributed by atoms with E-state index in [0.29, 0.717) is 11.2 Å². The van der Waals surface area contributed by atoms with Crippen LogP contribution in [0.4, 0.5) is 0 Å². The number of carbonyl (C=O) groups excluding carboxylic acids is 1. The summed E-state index contributed by atoms with van der Waals surface area (Å²) in [5.41, 5.74) is 0.889. The number of methoxy groups -OCH3 is 1. The molecule has 0 fully saturated rings. The van der Waals surface area contributed by atoms with Gasteiger partial charge in [0.15, 0.2) is 11.2 Å². The molecule has 1 aliphatic heterocycles. The highest BCUT2D eigenvalue weighted by molar-refractivity contribution is 8.14. The zero-order valence-corrected chi connectivity index (χ0v) is 13.5. The smallest absolute Gasteiger partial charge is 0.333 e. The maximum Gasteiger partial charge on any atom is 0.333 e. The Morgan fingerprint density at radius 3 is 2.76 bits per heavy atom. The Morgan fingerprint density at radius 2 is 2.14 bits per heavy atom. The van der Waals surface area contributed by atoms with Gasteiger partial charge in [-0.2, -0.15) is 0 Å². The maximum atomic E-state index is 12.0. The van der Waals surface area contributed by atoms with Crippen molar-refractivity contribution in [1.29, 1.82) is 0 Å². The largest absolute Gasteiger partial charge is 0.467 e. The van der Waals surface area contributed by atoms with Gasteiger partial charge in [-0.05, 0) is 17.9 Å². The highest BCUT2D eigenvalue weighted by Gasteiger charge is 2.27. The average Bonchev–Trinajstić information content (AvgIpc) is 2.91. The number of carbonyl (C=O) groups is 1. The molecule has 0 saturated carbocycles. The highest BCUT2D eigenvalue weighted by Crippen LogP contribution is 2.27. The van der Waals surface area contributed by atoms with Gasteiger partial charge in [0, 0.05) is 5.25 Å². The van der Waals surface area contributed by atoms with Crippen LogP contribution in [-0.2, 0) is 9.53 Å². The van der Waals surface area contributed by atoms with Gasteiger partial charge in [0.05, 0.1) is 13.7 Å². The Labute approximate surface area is 130 Å². The molecule has 1 aromatic rings. The fraction of sp³-hybridized carbons (Fsp3) is 0.500. The van der Waals surface area contributed by atoms with E-state index in [-0.39, 0.29) is 5.97 Å². The minimum Gasteiger partial charge on any atom is -0.467 e. The standard InChI is InChI=1S/C16H22N2O2S/c1-11(2)9-13-10-17-16(21-13)18-14(15(19)20-3)12-7-5-4-6-8-12/h4-8,11,13-14H,9-10H2,1-3H3,(H,17,18). The molecule has 0 aliphatic carbocycles. The van der Waals surface area contributed by atoms with Gasteiger partial charge in [0.25, 0.3) is 0 Å². The lowest BCUT2D eigenvalue weighted by Crippen LogP contribution is -2.32. The molecule has 2 atom stereocenters. The molecular weight excluding hydrogens is 284 g/mol. The average molecular weight is 306 g/mol. The number of amidine groups is 1. The van der Waals surface area contributed by atoms with Gasteiger partial charge in [-0.25, -0.2) is 4.79 Å². The topological polar surface area (TPSA) is 50.7 Å². The van der Waals surface area contributed by atoms with Crippen LogP contribution >= 0.6 is 11.8 Å². The molecule has 21 heavy (non-hydrogen) atoms. The number of ether oxygens (including phenoxy) is 1. The number of hydrogen-bond acceptors (Lipinski definition) is 5. The lowest BCUT2D eigenvalue weighted by molar-refractivity contribution is -0.142. The number of hydrogen-bond donors (Lipinski definition) is 1. The summed E-state index contributed by atoms with van der Waals surface area (Å²) >= 11 is 1.72. The molecule has 0 saturated heterocycles. The van der Waals surface area contributed by atoms with Crippen LogP contribution in [-0.4, -0.2) is 30.0 Å². The summed E-state index contributed by atoms with van der Waals surface area (Å²) in [4.78, 5) is 16.5. The first-order valence-corrected chi connectivity index (χ1v) is 8.08. The third-order valence-electron chi connectivity index (χ3n) is 3.29. The van der Waals surface area contributed by atoms with Crippen molar-refractivity contribution < 1.29 is 9.53 Å². The quantitative estimate of drug-likeness (QED) is 0.850. The summed E-state index contributed by atoms with van der Waals surface area (Å²) in [5.74, 6) is 0.361. The molecule has 0 bridgehead atoms. The normalized spacial score (nSPS) is 19.2. The predicted octanol–water partition coefficient (Wildman–Crippen LogP) is 3.01. The van der Waals surface area contributed by atoms with Crippen LogP contribution in [0.25, 0.3) is 0 Å². The third kappa shape index (κ3) is 4.49. The third-order valence-corrected chi connectivity index (χ3v) is 4.43. The molecule has 5 heteroatoms. The van der Waals surface area contributed by atoms with Gasteiger partial charge < -0.3 is 10.1 Å². The van der Waals surface area contributed by atoms with Crippen LogP contribution < -0.4 is 5.32 Å². The molecule has 2 rings (SSSR count). The molecule has 114 valence electrons.